The van der Waals surface area contributed by atoms with Gasteiger partial charge in [0.2, 0.25) is 0 Å². The Bertz CT molecular complexity index is 514. The molecule has 1 aliphatic heterocycles. The van der Waals surface area contributed by atoms with Gasteiger partial charge in [-0.25, -0.2) is 4.79 Å². The molecule has 0 atom stereocenters. The summed E-state index contributed by atoms with van der Waals surface area (Å²) in [4.78, 5) is 14.7. The number of hydrogen-bond acceptors (Lipinski definition) is 3. The van der Waals surface area contributed by atoms with Gasteiger partial charge in [0.1, 0.15) is 5.60 Å². The number of nitrogens with zero attached hydrogens (tertiary/aromatic N) is 1. The lowest BCUT2D eigenvalue weighted by atomic mass is 10.00. The molecule has 0 unspecified atom stereocenters. The summed E-state index contributed by atoms with van der Waals surface area (Å²) < 4.78 is 5.38. The molecule has 0 N–H and O–H groups in total. The van der Waals surface area contributed by atoms with Gasteiger partial charge in [-0.15, -0.1) is 12.6 Å². The lowest BCUT2D eigenvalue weighted by Gasteiger charge is -2.29. The number of amides is 1. The van der Waals surface area contributed by atoms with Crippen molar-refractivity contribution in [1.82, 2.24) is 4.90 Å². The van der Waals surface area contributed by atoms with Crippen molar-refractivity contribution >= 4 is 24.3 Å². The molecule has 3 nitrogen and oxygen atoms in total. The summed E-state index contributed by atoms with van der Waals surface area (Å²) in [6.07, 6.45) is 2.71. The van der Waals surface area contributed by atoms with Crippen molar-refractivity contribution in [3.8, 4) is 0 Å². The van der Waals surface area contributed by atoms with E-state index < -0.39 is 5.60 Å². The summed E-state index contributed by atoms with van der Waals surface area (Å²) in [6.45, 7) is 6.95. The van der Waals surface area contributed by atoms with Crippen LogP contribution in [0.15, 0.2) is 35.2 Å². The molecular weight excluding hydrogens is 270 g/mol. The maximum Gasteiger partial charge on any atom is 0.410 e. The number of rotatable bonds is 1. The first kappa shape index (κ1) is 15.0. The van der Waals surface area contributed by atoms with Crippen LogP contribution in [-0.2, 0) is 4.74 Å². The number of ether oxygens (including phenoxy) is 1. The number of thiol groups is 1. The Balaban J connectivity index is 2.00. The Morgan fingerprint density at radius 3 is 2.40 bits per heavy atom. The van der Waals surface area contributed by atoms with E-state index in [2.05, 4.69) is 30.8 Å². The minimum absolute atomic E-state index is 0.237. The number of benzene rings is 1. The maximum atomic E-state index is 12.0. The molecule has 0 spiro atoms. The van der Waals surface area contributed by atoms with E-state index >= 15 is 0 Å². The predicted molar refractivity (Wildman–Crippen MR) is 84.1 cm³/mol. The van der Waals surface area contributed by atoms with Crippen LogP contribution in [-0.4, -0.2) is 29.7 Å². The number of carbonyl (C=O) groups excluding carboxylic acids is 1. The van der Waals surface area contributed by atoms with E-state index in [1.54, 1.807) is 4.90 Å². The largest absolute Gasteiger partial charge is 0.444 e. The predicted octanol–water partition coefficient (Wildman–Crippen LogP) is 4.00. The molecular formula is C16H21NO2S. The summed E-state index contributed by atoms with van der Waals surface area (Å²) in [5, 5.41) is 0. The minimum atomic E-state index is -0.441. The van der Waals surface area contributed by atoms with Gasteiger partial charge in [-0.05, 0) is 50.5 Å². The van der Waals surface area contributed by atoms with E-state index in [0.29, 0.717) is 13.1 Å². The van der Waals surface area contributed by atoms with E-state index in [1.807, 2.05) is 32.9 Å². The van der Waals surface area contributed by atoms with Crippen LogP contribution in [0.5, 0.6) is 0 Å². The van der Waals surface area contributed by atoms with Crippen molar-refractivity contribution in [1.29, 1.82) is 0 Å². The van der Waals surface area contributed by atoms with E-state index in [9.17, 15) is 4.79 Å². The lowest BCUT2D eigenvalue weighted by Crippen LogP contribution is -2.39. The fraction of sp³-hybridized carbons (Fsp3) is 0.438. The third-order valence-corrected chi connectivity index (χ3v) is 3.40. The van der Waals surface area contributed by atoms with Crippen molar-refractivity contribution < 1.29 is 9.53 Å². The van der Waals surface area contributed by atoms with Gasteiger partial charge in [0.05, 0.1) is 0 Å². The highest BCUT2D eigenvalue weighted by atomic mass is 32.1. The van der Waals surface area contributed by atoms with Gasteiger partial charge in [-0.3, -0.25) is 0 Å². The number of carbonyl (C=O) groups is 1. The van der Waals surface area contributed by atoms with Crippen molar-refractivity contribution in [2.45, 2.75) is 37.7 Å². The highest BCUT2D eigenvalue weighted by molar-refractivity contribution is 7.80. The molecule has 2 rings (SSSR count). The fourth-order valence-corrected chi connectivity index (χ4v) is 2.25. The van der Waals surface area contributed by atoms with Crippen LogP contribution < -0.4 is 0 Å². The van der Waals surface area contributed by atoms with Crippen LogP contribution in [0.25, 0.3) is 5.57 Å². The molecule has 108 valence electrons. The fourth-order valence-electron chi connectivity index (χ4n) is 2.10. The highest BCUT2D eigenvalue weighted by Gasteiger charge is 2.23. The second-order valence-electron chi connectivity index (χ2n) is 5.95. The first-order valence-electron chi connectivity index (χ1n) is 6.81. The molecule has 1 aromatic rings. The molecule has 4 heteroatoms. The molecule has 1 heterocycles. The summed E-state index contributed by atoms with van der Waals surface area (Å²) >= 11 is 4.29. The normalized spacial score (nSPS) is 15.8. The zero-order valence-corrected chi connectivity index (χ0v) is 13.1. The second kappa shape index (κ2) is 5.92. The molecule has 0 fully saturated rings. The molecule has 1 amide bonds. The van der Waals surface area contributed by atoms with Gasteiger partial charge >= 0.3 is 6.09 Å². The molecule has 20 heavy (non-hydrogen) atoms. The van der Waals surface area contributed by atoms with Crippen molar-refractivity contribution in [2.75, 3.05) is 13.1 Å². The molecule has 0 aromatic heterocycles. The van der Waals surface area contributed by atoms with E-state index in [4.69, 9.17) is 4.74 Å². The molecule has 0 aliphatic carbocycles. The van der Waals surface area contributed by atoms with Gasteiger partial charge in [-0.1, -0.05) is 18.2 Å². The van der Waals surface area contributed by atoms with E-state index in [1.165, 1.54) is 11.1 Å². The summed E-state index contributed by atoms with van der Waals surface area (Å²) in [7, 11) is 0. The lowest BCUT2D eigenvalue weighted by molar-refractivity contribution is 0.0270. The standard InChI is InChI=1S/C16H21NO2S/c1-16(2,3)19-15(18)17-10-8-13(9-11-17)12-4-6-14(20)7-5-12/h4-8,20H,9-11H2,1-3H3. The van der Waals surface area contributed by atoms with Crippen LogP contribution in [0.4, 0.5) is 4.79 Å². The van der Waals surface area contributed by atoms with Crippen molar-refractivity contribution in [3.05, 3.63) is 35.9 Å². The highest BCUT2D eigenvalue weighted by Crippen LogP contribution is 2.24. The maximum absolute atomic E-state index is 12.0. The average molecular weight is 291 g/mol. The zero-order valence-electron chi connectivity index (χ0n) is 12.2. The van der Waals surface area contributed by atoms with Gasteiger partial charge in [0.25, 0.3) is 0 Å². The summed E-state index contributed by atoms with van der Waals surface area (Å²) in [5.41, 5.74) is 2.04. The van der Waals surface area contributed by atoms with Crippen LogP contribution in [0.2, 0.25) is 0 Å². The summed E-state index contributed by atoms with van der Waals surface area (Å²) in [6, 6.07) is 8.10. The summed E-state index contributed by atoms with van der Waals surface area (Å²) in [5.74, 6) is 0. The van der Waals surface area contributed by atoms with Gasteiger partial charge in [0.15, 0.2) is 0 Å². The second-order valence-corrected chi connectivity index (χ2v) is 6.47. The third-order valence-electron chi connectivity index (χ3n) is 3.10. The smallest absolute Gasteiger partial charge is 0.410 e. The Hall–Kier alpha value is -1.42. The molecule has 1 aliphatic rings. The Labute approximate surface area is 126 Å². The quantitative estimate of drug-likeness (QED) is 0.793. The Morgan fingerprint density at radius 1 is 1.25 bits per heavy atom. The Kier molecular flexibility index (Phi) is 4.43. The van der Waals surface area contributed by atoms with Gasteiger partial charge < -0.3 is 9.64 Å². The molecule has 0 saturated heterocycles. The molecule has 0 bridgehead atoms. The van der Waals surface area contributed by atoms with E-state index in [-0.39, 0.29) is 6.09 Å². The van der Waals surface area contributed by atoms with Crippen LogP contribution in [0.1, 0.15) is 32.8 Å². The molecule has 0 saturated carbocycles. The zero-order chi connectivity index (χ0) is 14.8. The molecule has 1 aromatic carbocycles. The van der Waals surface area contributed by atoms with Crippen LogP contribution in [0, 0.1) is 0 Å². The topological polar surface area (TPSA) is 29.5 Å². The monoisotopic (exact) mass is 291 g/mol. The van der Waals surface area contributed by atoms with Crippen molar-refractivity contribution in [3.63, 3.8) is 0 Å². The Morgan fingerprint density at radius 2 is 1.90 bits per heavy atom. The first-order valence-corrected chi connectivity index (χ1v) is 7.26. The SMILES string of the molecule is CC(C)(C)OC(=O)N1CC=C(c2ccc(S)cc2)CC1. The van der Waals surface area contributed by atoms with Crippen LogP contribution in [0.3, 0.4) is 0 Å². The van der Waals surface area contributed by atoms with Crippen molar-refractivity contribution in [2.24, 2.45) is 0 Å². The van der Waals surface area contributed by atoms with E-state index in [0.717, 1.165) is 11.3 Å². The first-order chi connectivity index (χ1) is 9.35. The third kappa shape index (κ3) is 4.04. The minimum Gasteiger partial charge on any atom is -0.444 e. The number of hydrogen-bond donors (Lipinski definition) is 1. The molecule has 0 radical (unpaired) electrons. The van der Waals surface area contributed by atoms with Crippen LogP contribution >= 0.6 is 12.6 Å². The average Bonchev–Trinajstić information content (AvgIpc) is 2.38. The van der Waals surface area contributed by atoms with Gasteiger partial charge in [0, 0.05) is 18.0 Å². The van der Waals surface area contributed by atoms with Gasteiger partial charge in [-0.2, -0.15) is 0 Å².